The van der Waals surface area contributed by atoms with Gasteiger partial charge in [-0.15, -0.1) is 0 Å². The van der Waals surface area contributed by atoms with Crippen LogP contribution in [0.25, 0.3) is 22.3 Å². The van der Waals surface area contributed by atoms with Crippen molar-refractivity contribution < 1.29 is 24.0 Å². The first-order chi connectivity index (χ1) is 29.1. The summed E-state index contributed by atoms with van der Waals surface area (Å²) in [6, 6.07) is 48.0. The number of nitrogens with zero attached hydrogens (tertiary/aromatic N) is 3. The minimum atomic E-state index is -0.362. The number of imide groups is 2. The maximum absolute atomic E-state index is 12.6. The summed E-state index contributed by atoms with van der Waals surface area (Å²) < 4.78 is 0. The first-order valence-corrected chi connectivity index (χ1v) is 21.2. The van der Waals surface area contributed by atoms with E-state index in [2.05, 4.69) is 63.0 Å². The van der Waals surface area contributed by atoms with Crippen LogP contribution in [-0.4, -0.2) is 62.7 Å². The van der Waals surface area contributed by atoms with E-state index in [1.807, 2.05) is 110 Å². The number of pyridine rings is 1. The Labute approximate surface area is 357 Å². The molecule has 0 spiro atoms. The van der Waals surface area contributed by atoms with Gasteiger partial charge in [0.2, 0.25) is 11.8 Å². The first kappa shape index (κ1) is 41.7. The highest BCUT2D eigenvalue weighted by Gasteiger charge is 2.32. The van der Waals surface area contributed by atoms with E-state index in [1.165, 1.54) is 5.56 Å². The zero-order chi connectivity index (χ0) is 42.0. The highest BCUT2D eigenvalue weighted by molar-refractivity contribution is 8.15. The molecule has 2 aliphatic rings. The molecule has 8 rings (SSSR count). The minimum absolute atomic E-state index is 0.0114. The minimum Gasteiger partial charge on any atom is -0.355 e. The van der Waals surface area contributed by atoms with Crippen molar-refractivity contribution in [1.82, 2.24) is 20.5 Å². The van der Waals surface area contributed by atoms with Crippen LogP contribution < -0.4 is 15.5 Å². The lowest BCUT2D eigenvalue weighted by Crippen LogP contribution is -2.26. The molecule has 2 atom stereocenters. The molecule has 0 aliphatic carbocycles. The number of rotatable bonds is 12. The summed E-state index contributed by atoms with van der Waals surface area (Å²) in [7, 11) is 3.84. The Morgan fingerprint density at radius 3 is 1.52 bits per heavy atom. The van der Waals surface area contributed by atoms with Crippen LogP contribution in [-0.2, 0) is 35.5 Å². The van der Waals surface area contributed by atoms with Gasteiger partial charge in [0.05, 0.1) is 10.5 Å². The molecule has 2 unspecified atom stereocenters. The van der Waals surface area contributed by atoms with Gasteiger partial charge in [0.25, 0.3) is 16.4 Å². The lowest BCUT2D eigenvalue weighted by molar-refractivity contribution is -0.119. The van der Waals surface area contributed by atoms with Crippen LogP contribution in [0.5, 0.6) is 0 Å². The molecule has 0 radical (unpaired) electrons. The number of aromatic nitrogens is 1. The average molecular weight is 834 g/mol. The summed E-state index contributed by atoms with van der Waals surface area (Å²) in [5.74, 6) is 0.506. The number of hydrogen-bond donors (Lipinski definition) is 2. The molecule has 2 N–H and O–H groups in total. The van der Waals surface area contributed by atoms with Gasteiger partial charge in [-0.25, -0.2) is 4.98 Å². The Kier molecular flexibility index (Phi) is 13.5. The molecule has 60 heavy (non-hydrogen) atoms. The van der Waals surface area contributed by atoms with Crippen molar-refractivity contribution in [2.75, 3.05) is 19.0 Å². The number of amides is 5. The van der Waals surface area contributed by atoms with Crippen LogP contribution in [0, 0.1) is 0 Å². The third-order valence-corrected chi connectivity index (χ3v) is 12.0. The molecule has 12 heteroatoms. The Morgan fingerprint density at radius 1 is 0.550 bits per heavy atom. The van der Waals surface area contributed by atoms with Crippen LogP contribution >= 0.6 is 23.5 Å². The quantitative estimate of drug-likeness (QED) is 0.124. The number of nitrogens with one attached hydrogen (secondary N) is 2. The third kappa shape index (κ3) is 11.0. The van der Waals surface area contributed by atoms with E-state index >= 15 is 0 Å². The van der Waals surface area contributed by atoms with E-state index in [0.29, 0.717) is 24.9 Å². The van der Waals surface area contributed by atoms with Crippen LogP contribution in [0.3, 0.4) is 0 Å². The SMILES string of the molecule is CN(Cc1cccc(-c2ccc(CC3SC(=O)NC3=O)cc2)c1)C(=O)c1ccccc1.CN(Cc1cccc(-c2ccc(CC3SC(=O)NC3=O)cc2)c1)c1ccccn1. The van der Waals surface area contributed by atoms with Gasteiger partial charge in [-0.3, -0.25) is 34.6 Å². The number of anilines is 1. The predicted octanol–water partition coefficient (Wildman–Crippen LogP) is 8.80. The van der Waals surface area contributed by atoms with Gasteiger partial charge in [-0.05, 0) is 93.7 Å². The largest absolute Gasteiger partial charge is 0.355 e. The first-order valence-electron chi connectivity index (χ1n) is 19.4. The summed E-state index contributed by atoms with van der Waals surface area (Å²) >= 11 is 2.11. The van der Waals surface area contributed by atoms with Crippen molar-refractivity contribution >= 4 is 57.5 Å². The van der Waals surface area contributed by atoms with Crippen molar-refractivity contribution in [1.29, 1.82) is 0 Å². The van der Waals surface area contributed by atoms with E-state index in [4.69, 9.17) is 0 Å². The van der Waals surface area contributed by atoms with Crippen molar-refractivity contribution in [3.8, 4) is 22.3 Å². The molecule has 2 fully saturated rings. The Bertz CT molecular complexity index is 2480. The van der Waals surface area contributed by atoms with E-state index in [-0.39, 0.29) is 38.7 Å². The molecule has 0 saturated carbocycles. The van der Waals surface area contributed by atoms with Gasteiger partial charge < -0.3 is 9.80 Å². The van der Waals surface area contributed by atoms with Crippen molar-refractivity contribution in [2.24, 2.45) is 0 Å². The normalized spacial score (nSPS) is 15.8. The van der Waals surface area contributed by atoms with E-state index < -0.39 is 0 Å². The number of carbonyl (C=O) groups excluding carboxylic acids is 5. The Balaban J connectivity index is 0.000000182. The molecule has 5 amide bonds. The summed E-state index contributed by atoms with van der Waals surface area (Å²) in [4.78, 5) is 67.0. The third-order valence-electron chi connectivity index (χ3n) is 10.1. The van der Waals surface area contributed by atoms with Crippen molar-refractivity contribution in [3.63, 3.8) is 0 Å². The average Bonchev–Trinajstić information content (AvgIpc) is 3.77. The van der Waals surface area contributed by atoms with E-state index in [0.717, 1.165) is 74.8 Å². The molecule has 302 valence electrons. The smallest absolute Gasteiger partial charge is 0.286 e. The predicted molar refractivity (Wildman–Crippen MR) is 240 cm³/mol. The van der Waals surface area contributed by atoms with Gasteiger partial charge in [0, 0.05) is 38.9 Å². The van der Waals surface area contributed by atoms with Crippen LogP contribution in [0.15, 0.2) is 152 Å². The topological polar surface area (TPSA) is 129 Å². The number of hydrogen-bond acceptors (Lipinski definition) is 9. The fraction of sp³-hybridized carbons (Fsp3) is 0.167. The molecular weight excluding hydrogens is 791 g/mol. The molecule has 0 bridgehead atoms. The van der Waals surface area contributed by atoms with E-state index in [9.17, 15) is 24.0 Å². The summed E-state index contributed by atoms with van der Waals surface area (Å²) in [6.07, 6.45) is 2.87. The lowest BCUT2D eigenvalue weighted by Gasteiger charge is -2.18. The van der Waals surface area contributed by atoms with Gasteiger partial charge in [-0.1, -0.05) is 133 Å². The molecule has 1 aromatic heterocycles. The van der Waals surface area contributed by atoms with Gasteiger partial charge in [-0.2, -0.15) is 0 Å². The zero-order valence-corrected chi connectivity index (χ0v) is 34.7. The summed E-state index contributed by atoms with van der Waals surface area (Å²) in [5, 5.41) is 3.42. The molecule has 6 aromatic rings. The number of benzene rings is 5. The second-order valence-corrected chi connectivity index (χ2v) is 16.9. The van der Waals surface area contributed by atoms with Crippen LogP contribution in [0.2, 0.25) is 0 Å². The lowest BCUT2D eigenvalue weighted by atomic mass is 10.00. The fourth-order valence-electron chi connectivity index (χ4n) is 6.93. The number of thioether (sulfide) groups is 2. The van der Waals surface area contributed by atoms with Crippen molar-refractivity contribution in [3.05, 3.63) is 180 Å². The monoisotopic (exact) mass is 833 g/mol. The van der Waals surface area contributed by atoms with E-state index in [1.54, 1.807) is 18.1 Å². The summed E-state index contributed by atoms with van der Waals surface area (Å²) in [6.45, 7) is 1.28. The molecule has 10 nitrogen and oxygen atoms in total. The Morgan fingerprint density at radius 2 is 1.05 bits per heavy atom. The maximum Gasteiger partial charge on any atom is 0.286 e. The molecular formula is C48H43N5O5S2. The van der Waals surface area contributed by atoms with Gasteiger partial charge >= 0.3 is 0 Å². The van der Waals surface area contributed by atoms with Crippen LogP contribution in [0.4, 0.5) is 15.4 Å². The van der Waals surface area contributed by atoms with Gasteiger partial charge in [0.15, 0.2) is 0 Å². The number of carbonyl (C=O) groups is 5. The highest BCUT2D eigenvalue weighted by atomic mass is 32.2. The molecule has 3 heterocycles. The zero-order valence-electron chi connectivity index (χ0n) is 33.1. The second kappa shape index (κ2) is 19.5. The van der Waals surface area contributed by atoms with Crippen molar-refractivity contribution in [2.45, 2.75) is 36.4 Å². The summed E-state index contributed by atoms with van der Waals surface area (Å²) in [5.41, 5.74) is 9.37. The van der Waals surface area contributed by atoms with Crippen LogP contribution in [0.1, 0.15) is 32.6 Å². The standard InChI is InChI=1S/C25H22N2O3S.C23H21N3O2S/c1-27(24(29)20-7-3-2-4-8-20)16-18-6-5-9-21(14-18)19-12-10-17(11-13-19)15-22-23(28)26-25(30)31-22;1-26(21-7-2-3-12-24-21)15-17-5-4-6-19(13-17)18-10-8-16(9-11-18)14-20-22(27)25-23(28)29-20/h2-14,22H,15-16H2,1H3,(H,26,28,30);2-13,20H,14-15H2,1H3,(H,25,27,28). The second-order valence-electron chi connectivity index (χ2n) is 14.5. The molecule has 2 aliphatic heterocycles. The molecule has 5 aromatic carbocycles. The maximum atomic E-state index is 12.6. The fourth-order valence-corrected chi connectivity index (χ4v) is 8.65. The Hall–Kier alpha value is -6.50. The van der Waals surface area contributed by atoms with Gasteiger partial charge in [0.1, 0.15) is 5.82 Å². The highest BCUT2D eigenvalue weighted by Crippen LogP contribution is 2.28. The molecule has 2 saturated heterocycles.